The van der Waals surface area contributed by atoms with Crippen LogP contribution < -0.4 is 11.1 Å². The standard InChI is InChI=1S/C13H20N2O3/c1-8(2)5-10(7-16)15-13(18)9-3-4-11(14)12(17)6-9/h3-4,6,8,10,16-17H,5,7,14H2,1-2H3,(H,15,18). The molecule has 5 N–H and O–H groups in total. The highest BCUT2D eigenvalue weighted by molar-refractivity contribution is 5.95. The lowest BCUT2D eigenvalue weighted by atomic mass is 10.0. The first kappa shape index (κ1) is 14.3. The summed E-state index contributed by atoms with van der Waals surface area (Å²) < 4.78 is 0. The van der Waals surface area contributed by atoms with E-state index in [4.69, 9.17) is 5.73 Å². The van der Waals surface area contributed by atoms with Gasteiger partial charge < -0.3 is 21.3 Å². The van der Waals surface area contributed by atoms with Gasteiger partial charge in [-0.3, -0.25) is 4.79 Å². The number of aliphatic hydroxyl groups excluding tert-OH is 1. The molecule has 100 valence electrons. The van der Waals surface area contributed by atoms with E-state index in [1.165, 1.54) is 18.2 Å². The number of carbonyl (C=O) groups is 1. The maximum Gasteiger partial charge on any atom is 0.251 e. The van der Waals surface area contributed by atoms with Crippen LogP contribution in [0.25, 0.3) is 0 Å². The minimum absolute atomic E-state index is 0.106. The highest BCUT2D eigenvalue weighted by atomic mass is 16.3. The minimum Gasteiger partial charge on any atom is -0.506 e. The summed E-state index contributed by atoms with van der Waals surface area (Å²) in [6.45, 7) is 3.93. The molecule has 0 aliphatic carbocycles. The summed E-state index contributed by atoms with van der Waals surface area (Å²) in [7, 11) is 0. The molecular formula is C13H20N2O3. The van der Waals surface area contributed by atoms with Gasteiger partial charge in [-0.05, 0) is 30.5 Å². The number of nitrogens with one attached hydrogen (secondary N) is 1. The number of anilines is 1. The normalized spacial score (nSPS) is 12.4. The molecule has 0 saturated heterocycles. The molecule has 0 spiro atoms. The number of amides is 1. The molecule has 1 amide bonds. The molecule has 1 aromatic rings. The molecule has 1 rings (SSSR count). The van der Waals surface area contributed by atoms with E-state index in [0.717, 1.165) is 0 Å². The van der Waals surface area contributed by atoms with Crippen LogP contribution in [-0.2, 0) is 0 Å². The molecule has 1 atom stereocenters. The van der Waals surface area contributed by atoms with Crippen molar-refractivity contribution in [2.75, 3.05) is 12.3 Å². The van der Waals surface area contributed by atoms with E-state index >= 15 is 0 Å². The molecule has 18 heavy (non-hydrogen) atoms. The number of carbonyl (C=O) groups excluding carboxylic acids is 1. The summed E-state index contributed by atoms with van der Waals surface area (Å²) in [6, 6.07) is 4.04. The molecule has 0 fully saturated rings. The van der Waals surface area contributed by atoms with Crippen LogP contribution in [0.2, 0.25) is 0 Å². The largest absolute Gasteiger partial charge is 0.506 e. The third-order valence-corrected chi connectivity index (χ3v) is 2.60. The van der Waals surface area contributed by atoms with Gasteiger partial charge in [-0.25, -0.2) is 0 Å². The zero-order valence-corrected chi connectivity index (χ0v) is 10.7. The summed E-state index contributed by atoms with van der Waals surface area (Å²) in [5, 5.41) is 21.3. The Labute approximate surface area is 107 Å². The fraction of sp³-hybridized carbons (Fsp3) is 0.462. The molecule has 5 nitrogen and oxygen atoms in total. The van der Waals surface area contributed by atoms with E-state index in [1.54, 1.807) is 0 Å². The first-order valence-electron chi connectivity index (χ1n) is 5.94. The second-order valence-corrected chi connectivity index (χ2v) is 4.76. The lowest BCUT2D eigenvalue weighted by Gasteiger charge is -2.18. The smallest absolute Gasteiger partial charge is 0.251 e. The fourth-order valence-electron chi connectivity index (χ4n) is 1.70. The van der Waals surface area contributed by atoms with Gasteiger partial charge in [0.25, 0.3) is 5.91 Å². The zero-order chi connectivity index (χ0) is 13.7. The number of hydrogen-bond acceptors (Lipinski definition) is 4. The predicted molar refractivity (Wildman–Crippen MR) is 70.3 cm³/mol. The molecule has 0 aliphatic heterocycles. The number of nitrogen functional groups attached to an aromatic ring is 1. The number of phenolic OH excluding ortho intramolecular Hbond substituents is 1. The average Bonchev–Trinajstić information content (AvgIpc) is 2.31. The fourth-order valence-corrected chi connectivity index (χ4v) is 1.70. The van der Waals surface area contributed by atoms with Crippen molar-refractivity contribution in [1.82, 2.24) is 5.32 Å². The van der Waals surface area contributed by atoms with E-state index in [2.05, 4.69) is 5.32 Å². The van der Waals surface area contributed by atoms with Crippen molar-refractivity contribution in [1.29, 1.82) is 0 Å². The highest BCUT2D eigenvalue weighted by Crippen LogP contribution is 2.20. The molecular weight excluding hydrogens is 232 g/mol. The maximum atomic E-state index is 11.9. The first-order chi connectivity index (χ1) is 8.43. The number of nitrogens with two attached hydrogens (primary N) is 1. The van der Waals surface area contributed by atoms with Crippen LogP contribution >= 0.6 is 0 Å². The topological polar surface area (TPSA) is 95.6 Å². The van der Waals surface area contributed by atoms with Crippen molar-refractivity contribution in [2.24, 2.45) is 5.92 Å². The van der Waals surface area contributed by atoms with E-state index in [1.807, 2.05) is 13.8 Å². The van der Waals surface area contributed by atoms with Gasteiger partial charge in [0.05, 0.1) is 18.3 Å². The molecule has 1 unspecified atom stereocenters. The lowest BCUT2D eigenvalue weighted by Crippen LogP contribution is -2.38. The quantitative estimate of drug-likeness (QED) is 0.466. The molecule has 0 saturated carbocycles. The molecule has 5 heteroatoms. The van der Waals surface area contributed by atoms with E-state index < -0.39 is 0 Å². The van der Waals surface area contributed by atoms with Crippen LogP contribution in [0.3, 0.4) is 0 Å². The predicted octanol–water partition coefficient (Wildman–Crippen LogP) is 1.11. The van der Waals surface area contributed by atoms with Crippen molar-refractivity contribution in [2.45, 2.75) is 26.3 Å². The van der Waals surface area contributed by atoms with Crippen molar-refractivity contribution < 1.29 is 15.0 Å². The van der Waals surface area contributed by atoms with Gasteiger partial charge >= 0.3 is 0 Å². The Morgan fingerprint density at radius 1 is 1.44 bits per heavy atom. The van der Waals surface area contributed by atoms with Gasteiger partial charge in [0.2, 0.25) is 0 Å². The van der Waals surface area contributed by atoms with Crippen molar-refractivity contribution in [3.63, 3.8) is 0 Å². The Morgan fingerprint density at radius 3 is 2.61 bits per heavy atom. The summed E-state index contributed by atoms with van der Waals surface area (Å²) in [4.78, 5) is 11.9. The van der Waals surface area contributed by atoms with Gasteiger partial charge in [-0.1, -0.05) is 13.8 Å². The number of phenols is 1. The molecule has 0 aliphatic rings. The lowest BCUT2D eigenvalue weighted by molar-refractivity contribution is 0.0908. The van der Waals surface area contributed by atoms with Crippen LogP contribution in [0.15, 0.2) is 18.2 Å². The van der Waals surface area contributed by atoms with Gasteiger partial charge in [0.1, 0.15) is 5.75 Å². The number of rotatable bonds is 5. The van der Waals surface area contributed by atoms with Crippen molar-refractivity contribution in [3.05, 3.63) is 23.8 Å². The third-order valence-electron chi connectivity index (χ3n) is 2.60. The molecule has 0 heterocycles. The molecule has 0 radical (unpaired) electrons. The Bertz CT molecular complexity index is 419. The number of benzene rings is 1. The number of hydrogen-bond donors (Lipinski definition) is 4. The summed E-state index contributed by atoms with van der Waals surface area (Å²) in [5.74, 6) is -0.0701. The van der Waals surface area contributed by atoms with Crippen LogP contribution in [0.4, 0.5) is 5.69 Å². The maximum absolute atomic E-state index is 11.9. The van der Waals surface area contributed by atoms with Crippen LogP contribution in [0, 0.1) is 5.92 Å². The van der Waals surface area contributed by atoms with Crippen LogP contribution in [0.1, 0.15) is 30.6 Å². The van der Waals surface area contributed by atoms with Crippen LogP contribution in [0.5, 0.6) is 5.75 Å². The highest BCUT2D eigenvalue weighted by Gasteiger charge is 2.15. The van der Waals surface area contributed by atoms with Gasteiger partial charge in [0, 0.05) is 5.56 Å². The first-order valence-corrected chi connectivity index (χ1v) is 5.94. The molecule has 1 aromatic carbocycles. The van der Waals surface area contributed by atoms with E-state index in [-0.39, 0.29) is 30.0 Å². The van der Waals surface area contributed by atoms with Gasteiger partial charge in [-0.2, -0.15) is 0 Å². The van der Waals surface area contributed by atoms with Crippen molar-refractivity contribution in [3.8, 4) is 5.75 Å². The van der Waals surface area contributed by atoms with E-state index in [9.17, 15) is 15.0 Å². The number of aromatic hydroxyl groups is 1. The zero-order valence-electron chi connectivity index (χ0n) is 10.7. The SMILES string of the molecule is CC(C)CC(CO)NC(=O)c1ccc(N)c(O)c1. The Hall–Kier alpha value is -1.75. The summed E-state index contributed by atoms with van der Waals surface area (Å²) in [5.41, 5.74) is 6.01. The second-order valence-electron chi connectivity index (χ2n) is 4.76. The Morgan fingerprint density at radius 2 is 2.11 bits per heavy atom. The summed E-state index contributed by atoms with van der Waals surface area (Å²) in [6.07, 6.45) is 0.698. The number of aliphatic hydroxyl groups is 1. The monoisotopic (exact) mass is 252 g/mol. The van der Waals surface area contributed by atoms with Gasteiger partial charge in [-0.15, -0.1) is 0 Å². The minimum atomic E-state index is -0.329. The Balaban J connectivity index is 2.71. The van der Waals surface area contributed by atoms with Gasteiger partial charge in [0.15, 0.2) is 0 Å². The second kappa shape index (κ2) is 6.26. The van der Waals surface area contributed by atoms with Crippen molar-refractivity contribution >= 4 is 11.6 Å². The average molecular weight is 252 g/mol. The van der Waals surface area contributed by atoms with E-state index in [0.29, 0.717) is 17.9 Å². The molecule has 0 aromatic heterocycles. The van der Waals surface area contributed by atoms with Crippen LogP contribution in [-0.4, -0.2) is 28.8 Å². The summed E-state index contributed by atoms with van der Waals surface area (Å²) >= 11 is 0. The third kappa shape index (κ3) is 3.92. The molecule has 0 bridgehead atoms. The Kier molecular flexibility index (Phi) is 4.97.